The van der Waals surface area contributed by atoms with Crippen molar-refractivity contribution in [1.82, 2.24) is 4.72 Å². The fourth-order valence-corrected chi connectivity index (χ4v) is 5.36. The first-order valence-electron chi connectivity index (χ1n) is 12.5. The summed E-state index contributed by atoms with van der Waals surface area (Å²) in [5.74, 6) is -0.0364. The van der Waals surface area contributed by atoms with Gasteiger partial charge in [-0.3, -0.25) is 4.79 Å². The lowest BCUT2D eigenvalue weighted by atomic mass is 9.84. The lowest BCUT2D eigenvalue weighted by molar-refractivity contribution is -0.116. The number of rotatable bonds is 10. The van der Waals surface area contributed by atoms with Gasteiger partial charge in [-0.1, -0.05) is 30.7 Å². The summed E-state index contributed by atoms with van der Waals surface area (Å²) < 4.78 is 26.4. The summed E-state index contributed by atoms with van der Waals surface area (Å²) in [4.78, 5) is 14.7. The van der Waals surface area contributed by atoms with Crippen LogP contribution in [0.4, 0.5) is 11.4 Å². The maximum atomic E-state index is 12.5. The summed E-state index contributed by atoms with van der Waals surface area (Å²) in [7, 11) is -3.29. The number of sulfonamides is 1. The molecule has 0 spiro atoms. The number of hydrogen-bond donors (Lipinski definition) is 3. The van der Waals surface area contributed by atoms with E-state index in [-0.39, 0.29) is 11.8 Å². The van der Waals surface area contributed by atoms with Crippen molar-refractivity contribution < 1.29 is 18.3 Å². The number of carbonyl (C=O) groups is 1. The van der Waals surface area contributed by atoms with Gasteiger partial charge in [-0.15, -0.1) is 0 Å². The van der Waals surface area contributed by atoms with Crippen LogP contribution in [-0.4, -0.2) is 44.3 Å². The van der Waals surface area contributed by atoms with Crippen LogP contribution in [0.5, 0.6) is 0 Å². The summed E-state index contributed by atoms with van der Waals surface area (Å²) in [6.07, 6.45) is 2.16. The van der Waals surface area contributed by atoms with Gasteiger partial charge in [0.1, 0.15) is 0 Å². The molecule has 9 heteroatoms. The van der Waals surface area contributed by atoms with Crippen molar-refractivity contribution in [2.75, 3.05) is 29.9 Å². The quantitative estimate of drug-likeness (QED) is 0.405. The second-order valence-corrected chi connectivity index (χ2v) is 12.9. The number of aliphatic hydroxyl groups is 1. The van der Waals surface area contributed by atoms with E-state index in [4.69, 9.17) is 11.6 Å². The van der Waals surface area contributed by atoms with Crippen molar-refractivity contribution >= 4 is 38.9 Å². The normalized spacial score (nSPS) is 16.7. The van der Waals surface area contributed by atoms with Gasteiger partial charge >= 0.3 is 0 Å². The van der Waals surface area contributed by atoms with Gasteiger partial charge in [-0.25, -0.2) is 13.1 Å². The van der Waals surface area contributed by atoms with Crippen LogP contribution in [0.25, 0.3) is 0 Å². The van der Waals surface area contributed by atoms with E-state index in [1.165, 1.54) is 0 Å². The van der Waals surface area contributed by atoms with E-state index in [2.05, 4.69) is 14.9 Å². The molecular weight excluding hydrogens is 498 g/mol. The predicted molar refractivity (Wildman–Crippen MR) is 147 cm³/mol. The summed E-state index contributed by atoms with van der Waals surface area (Å²) in [6, 6.07) is 13.3. The lowest BCUT2D eigenvalue weighted by Gasteiger charge is -2.40. The van der Waals surface area contributed by atoms with Crippen LogP contribution >= 0.6 is 11.6 Å². The summed E-state index contributed by atoms with van der Waals surface area (Å²) >= 11 is 5.99. The molecule has 1 unspecified atom stereocenters. The molecule has 0 aliphatic carbocycles. The second kappa shape index (κ2) is 11.9. The molecule has 1 saturated heterocycles. The predicted octanol–water partition coefficient (Wildman–Crippen LogP) is 4.82. The van der Waals surface area contributed by atoms with Gasteiger partial charge in [0.15, 0.2) is 0 Å². The molecule has 0 radical (unpaired) electrons. The Morgan fingerprint density at radius 2 is 1.75 bits per heavy atom. The first-order chi connectivity index (χ1) is 16.9. The van der Waals surface area contributed by atoms with E-state index in [9.17, 15) is 18.3 Å². The molecule has 1 atom stereocenters. The largest absolute Gasteiger partial charge is 0.385 e. The van der Waals surface area contributed by atoms with Crippen molar-refractivity contribution in [2.24, 2.45) is 5.92 Å². The molecular formula is C27H38ClN3O4S. The van der Waals surface area contributed by atoms with E-state index in [1.807, 2.05) is 56.3 Å². The SMILES string of the molecule is Cc1cc(NC(=O)CCC(C)CNS(=O)(=O)C(C)C)ccc1N1CCC(O)(c2ccc(Cl)cc2)CC1. The van der Waals surface area contributed by atoms with Crippen molar-refractivity contribution in [3.8, 4) is 0 Å². The number of amides is 1. The smallest absolute Gasteiger partial charge is 0.224 e. The molecule has 1 fully saturated rings. The molecule has 7 nitrogen and oxygen atoms in total. The van der Waals surface area contributed by atoms with Gasteiger partial charge in [-0.2, -0.15) is 0 Å². The van der Waals surface area contributed by atoms with Crippen molar-refractivity contribution in [3.05, 3.63) is 58.6 Å². The summed E-state index contributed by atoms with van der Waals surface area (Å²) in [5.41, 5.74) is 2.93. The number of piperidine rings is 1. The van der Waals surface area contributed by atoms with Gasteiger partial charge in [0.05, 0.1) is 10.9 Å². The molecule has 1 aliphatic rings. The second-order valence-electron chi connectivity index (χ2n) is 10.2. The van der Waals surface area contributed by atoms with Gasteiger partial charge in [-0.05, 0) is 87.4 Å². The Labute approximate surface area is 220 Å². The molecule has 1 amide bonds. The van der Waals surface area contributed by atoms with Gasteiger partial charge in [0.2, 0.25) is 15.9 Å². The van der Waals surface area contributed by atoms with E-state index in [0.717, 1.165) is 35.6 Å². The monoisotopic (exact) mass is 535 g/mol. The zero-order valence-electron chi connectivity index (χ0n) is 21.6. The highest BCUT2D eigenvalue weighted by Gasteiger charge is 2.34. The Balaban J connectivity index is 1.50. The van der Waals surface area contributed by atoms with Crippen LogP contribution in [0.1, 0.15) is 57.6 Å². The highest BCUT2D eigenvalue weighted by molar-refractivity contribution is 7.90. The average molecular weight is 536 g/mol. The van der Waals surface area contributed by atoms with Crippen LogP contribution in [0.15, 0.2) is 42.5 Å². The van der Waals surface area contributed by atoms with E-state index < -0.39 is 20.9 Å². The van der Waals surface area contributed by atoms with Crippen LogP contribution in [-0.2, 0) is 20.4 Å². The minimum atomic E-state index is -3.29. The zero-order valence-corrected chi connectivity index (χ0v) is 23.1. The fraction of sp³-hybridized carbons (Fsp3) is 0.519. The first kappa shape index (κ1) is 28.4. The molecule has 36 heavy (non-hydrogen) atoms. The van der Waals surface area contributed by atoms with Gasteiger partial charge < -0.3 is 15.3 Å². The fourth-order valence-electron chi connectivity index (χ4n) is 4.38. The Bertz CT molecular complexity index is 1140. The average Bonchev–Trinajstić information content (AvgIpc) is 2.82. The van der Waals surface area contributed by atoms with Crippen molar-refractivity contribution in [1.29, 1.82) is 0 Å². The number of nitrogens with zero attached hydrogens (tertiary/aromatic N) is 1. The Morgan fingerprint density at radius 1 is 1.11 bits per heavy atom. The molecule has 0 saturated carbocycles. The molecule has 2 aromatic rings. The minimum absolute atomic E-state index is 0.0546. The van der Waals surface area contributed by atoms with E-state index in [0.29, 0.717) is 37.3 Å². The number of aryl methyl sites for hydroxylation is 1. The molecule has 0 bridgehead atoms. The number of carbonyl (C=O) groups excluding carboxylic acids is 1. The third-order valence-electron chi connectivity index (χ3n) is 6.91. The summed E-state index contributed by atoms with van der Waals surface area (Å²) in [6.45, 7) is 9.01. The third kappa shape index (κ3) is 7.44. The highest BCUT2D eigenvalue weighted by Crippen LogP contribution is 2.36. The molecule has 1 heterocycles. The van der Waals surface area contributed by atoms with E-state index in [1.54, 1.807) is 13.8 Å². The van der Waals surface area contributed by atoms with Crippen LogP contribution in [0.3, 0.4) is 0 Å². The number of anilines is 2. The molecule has 0 aromatic heterocycles. The number of benzene rings is 2. The number of halogens is 1. The van der Waals surface area contributed by atoms with Gasteiger partial charge in [0, 0.05) is 42.5 Å². The Morgan fingerprint density at radius 3 is 2.33 bits per heavy atom. The molecule has 2 aromatic carbocycles. The third-order valence-corrected chi connectivity index (χ3v) is 8.97. The molecule has 3 rings (SSSR count). The summed E-state index contributed by atoms with van der Waals surface area (Å²) in [5, 5.41) is 14.3. The topological polar surface area (TPSA) is 98.7 Å². The highest BCUT2D eigenvalue weighted by atomic mass is 35.5. The molecule has 198 valence electrons. The maximum Gasteiger partial charge on any atom is 0.224 e. The Kier molecular flexibility index (Phi) is 9.44. The molecule has 3 N–H and O–H groups in total. The Hall–Kier alpha value is -2.13. The standard InChI is InChI=1S/C27H38ClN3O4S/c1-19(2)36(34,35)29-18-20(3)5-12-26(32)30-24-10-11-25(21(4)17-24)31-15-13-27(33,14-16-31)22-6-8-23(28)9-7-22/h6-11,17,19-20,29,33H,5,12-16,18H2,1-4H3,(H,30,32). The first-order valence-corrected chi connectivity index (χ1v) is 14.4. The van der Waals surface area contributed by atoms with Crippen LogP contribution < -0.4 is 14.9 Å². The minimum Gasteiger partial charge on any atom is -0.385 e. The van der Waals surface area contributed by atoms with Gasteiger partial charge in [0.25, 0.3) is 0 Å². The number of hydrogen-bond acceptors (Lipinski definition) is 5. The van der Waals surface area contributed by atoms with E-state index >= 15 is 0 Å². The zero-order chi connectivity index (χ0) is 26.5. The van der Waals surface area contributed by atoms with Crippen molar-refractivity contribution in [3.63, 3.8) is 0 Å². The molecule has 1 aliphatic heterocycles. The van der Waals surface area contributed by atoms with Crippen molar-refractivity contribution in [2.45, 2.75) is 64.2 Å². The maximum absolute atomic E-state index is 12.5. The van der Waals surface area contributed by atoms with Crippen LogP contribution in [0, 0.1) is 12.8 Å². The number of nitrogens with one attached hydrogen (secondary N) is 2. The van der Waals surface area contributed by atoms with Crippen LogP contribution in [0.2, 0.25) is 5.02 Å². The lowest BCUT2D eigenvalue weighted by Crippen LogP contribution is -2.42.